The zero-order valence-electron chi connectivity index (χ0n) is 15.1. The molecule has 1 aromatic heterocycles. The molecule has 0 bridgehead atoms. The molecule has 5 heteroatoms. The number of aromatic nitrogens is 2. The first-order valence-electron chi connectivity index (χ1n) is 9.23. The first-order valence-corrected chi connectivity index (χ1v) is 9.23. The quantitative estimate of drug-likeness (QED) is 0.737. The number of hydrogen-bond acceptors (Lipinski definition) is 5. The van der Waals surface area contributed by atoms with E-state index in [0.717, 1.165) is 17.8 Å². The van der Waals surface area contributed by atoms with E-state index < -0.39 is 0 Å². The van der Waals surface area contributed by atoms with Gasteiger partial charge in [0.25, 0.3) is 0 Å². The third-order valence-electron chi connectivity index (χ3n) is 4.77. The number of benzene rings is 2. The molecule has 2 heterocycles. The van der Waals surface area contributed by atoms with Crippen molar-refractivity contribution in [2.24, 2.45) is 0 Å². The van der Waals surface area contributed by atoms with Crippen molar-refractivity contribution in [3.63, 3.8) is 0 Å². The first kappa shape index (κ1) is 17.2. The fourth-order valence-corrected chi connectivity index (χ4v) is 3.36. The van der Waals surface area contributed by atoms with Crippen molar-refractivity contribution in [2.45, 2.75) is 19.4 Å². The number of nitriles is 1. The molecule has 0 radical (unpaired) electrons. The number of hydrogen-bond donors (Lipinski definition) is 1. The second-order valence-electron chi connectivity index (χ2n) is 6.74. The van der Waals surface area contributed by atoms with E-state index >= 15 is 0 Å². The summed E-state index contributed by atoms with van der Waals surface area (Å²) < 4.78 is 0. The van der Waals surface area contributed by atoms with Gasteiger partial charge in [-0.3, -0.25) is 4.90 Å². The number of rotatable bonds is 5. The Balaban J connectivity index is 1.51. The van der Waals surface area contributed by atoms with Gasteiger partial charge in [-0.1, -0.05) is 42.5 Å². The molecule has 0 aliphatic carbocycles. The second kappa shape index (κ2) is 7.98. The Morgan fingerprint density at radius 1 is 1.00 bits per heavy atom. The van der Waals surface area contributed by atoms with Crippen LogP contribution in [0.25, 0.3) is 11.3 Å². The average Bonchev–Trinajstić information content (AvgIpc) is 3.23. The van der Waals surface area contributed by atoms with Gasteiger partial charge in [0.1, 0.15) is 6.07 Å². The summed E-state index contributed by atoms with van der Waals surface area (Å²) in [5.74, 6) is 0.486. The van der Waals surface area contributed by atoms with Crippen LogP contribution in [-0.2, 0) is 6.54 Å². The van der Waals surface area contributed by atoms with E-state index in [1.165, 1.54) is 31.5 Å². The molecule has 134 valence electrons. The molecule has 27 heavy (non-hydrogen) atoms. The predicted molar refractivity (Wildman–Crippen MR) is 106 cm³/mol. The number of nitrogens with one attached hydrogen (secondary N) is 1. The molecule has 2 aromatic carbocycles. The van der Waals surface area contributed by atoms with Gasteiger partial charge in [0.15, 0.2) is 0 Å². The Bertz CT molecular complexity index is 939. The lowest BCUT2D eigenvalue weighted by atomic mass is 10.1. The summed E-state index contributed by atoms with van der Waals surface area (Å²) in [6.45, 7) is 3.40. The standard InChI is InChI=1S/C22H21N5/c23-14-19-15-24-22(26-21(19)18-6-2-1-3-7-18)25-20-10-8-17(9-11-20)16-27-12-4-5-13-27/h1-3,6-11,15H,4-5,12-13,16H2,(H,24,25,26). The van der Waals surface area contributed by atoms with Crippen LogP contribution in [0.15, 0.2) is 60.8 Å². The topological polar surface area (TPSA) is 64.8 Å². The van der Waals surface area contributed by atoms with Gasteiger partial charge < -0.3 is 5.32 Å². The van der Waals surface area contributed by atoms with Crippen LogP contribution in [0.2, 0.25) is 0 Å². The number of anilines is 2. The van der Waals surface area contributed by atoms with Crippen molar-refractivity contribution in [3.05, 3.63) is 71.9 Å². The minimum absolute atomic E-state index is 0.465. The van der Waals surface area contributed by atoms with E-state index in [2.05, 4.69) is 50.5 Å². The highest BCUT2D eigenvalue weighted by Gasteiger charge is 2.12. The third kappa shape index (κ3) is 4.13. The van der Waals surface area contributed by atoms with Gasteiger partial charge in [0.05, 0.1) is 17.5 Å². The Morgan fingerprint density at radius 2 is 1.74 bits per heavy atom. The Kier molecular flexibility index (Phi) is 5.08. The minimum atomic E-state index is 0.465. The molecule has 0 amide bonds. The highest BCUT2D eigenvalue weighted by atomic mass is 15.1. The fourth-order valence-electron chi connectivity index (χ4n) is 3.36. The van der Waals surface area contributed by atoms with Crippen molar-refractivity contribution >= 4 is 11.6 Å². The molecular weight excluding hydrogens is 334 g/mol. The number of nitrogens with zero attached hydrogens (tertiary/aromatic N) is 4. The van der Waals surface area contributed by atoms with Gasteiger partial charge >= 0.3 is 0 Å². The van der Waals surface area contributed by atoms with Gasteiger partial charge in [-0.15, -0.1) is 0 Å². The molecule has 4 rings (SSSR count). The van der Waals surface area contributed by atoms with E-state index in [1.807, 2.05) is 30.3 Å². The summed E-state index contributed by atoms with van der Waals surface area (Å²) in [4.78, 5) is 11.3. The van der Waals surface area contributed by atoms with Crippen LogP contribution in [0.4, 0.5) is 11.6 Å². The Hall–Kier alpha value is -3.23. The fraction of sp³-hybridized carbons (Fsp3) is 0.227. The van der Waals surface area contributed by atoms with Crippen LogP contribution in [-0.4, -0.2) is 28.0 Å². The van der Waals surface area contributed by atoms with Crippen molar-refractivity contribution in [1.29, 1.82) is 5.26 Å². The summed E-state index contributed by atoms with van der Waals surface area (Å²) in [7, 11) is 0. The van der Waals surface area contributed by atoms with Gasteiger partial charge in [-0.05, 0) is 43.6 Å². The molecule has 1 saturated heterocycles. The van der Waals surface area contributed by atoms with Crippen molar-refractivity contribution in [3.8, 4) is 17.3 Å². The van der Waals surface area contributed by atoms with E-state index in [1.54, 1.807) is 6.20 Å². The molecule has 1 fully saturated rings. The largest absolute Gasteiger partial charge is 0.324 e. The maximum atomic E-state index is 9.35. The van der Waals surface area contributed by atoms with Gasteiger partial charge in [-0.25, -0.2) is 9.97 Å². The Morgan fingerprint density at radius 3 is 2.44 bits per heavy atom. The maximum absolute atomic E-state index is 9.35. The van der Waals surface area contributed by atoms with Crippen LogP contribution in [0.1, 0.15) is 24.0 Å². The van der Waals surface area contributed by atoms with Gasteiger partial charge in [0, 0.05) is 17.8 Å². The zero-order chi connectivity index (χ0) is 18.5. The summed E-state index contributed by atoms with van der Waals surface area (Å²) in [5.41, 5.74) is 4.26. The zero-order valence-corrected chi connectivity index (χ0v) is 15.1. The lowest BCUT2D eigenvalue weighted by molar-refractivity contribution is 0.331. The minimum Gasteiger partial charge on any atom is -0.324 e. The number of likely N-dealkylation sites (tertiary alicyclic amines) is 1. The second-order valence-corrected chi connectivity index (χ2v) is 6.74. The van der Waals surface area contributed by atoms with Gasteiger partial charge in [-0.2, -0.15) is 5.26 Å². The monoisotopic (exact) mass is 355 g/mol. The highest BCUT2D eigenvalue weighted by molar-refractivity contribution is 5.68. The van der Waals surface area contributed by atoms with Crippen LogP contribution in [0.3, 0.4) is 0 Å². The van der Waals surface area contributed by atoms with E-state index in [-0.39, 0.29) is 0 Å². The van der Waals surface area contributed by atoms with E-state index in [4.69, 9.17) is 0 Å². The van der Waals surface area contributed by atoms with Crippen LogP contribution in [0.5, 0.6) is 0 Å². The maximum Gasteiger partial charge on any atom is 0.227 e. The summed E-state index contributed by atoms with van der Waals surface area (Å²) in [6.07, 6.45) is 4.18. The third-order valence-corrected chi connectivity index (χ3v) is 4.77. The smallest absolute Gasteiger partial charge is 0.227 e. The molecule has 0 saturated carbocycles. The summed E-state index contributed by atoms with van der Waals surface area (Å²) >= 11 is 0. The van der Waals surface area contributed by atoms with Gasteiger partial charge in [0.2, 0.25) is 5.95 Å². The van der Waals surface area contributed by atoms with Crippen molar-refractivity contribution < 1.29 is 0 Å². The molecule has 5 nitrogen and oxygen atoms in total. The van der Waals surface area contributed by atoms with Crippen LogP contribution >= 0.6 is 0 Å². The van der Waals surface area contributed by atoms with Crippen LogP contribution < -0.4 is 5.32 Å². The SMILES string of the molecule is N#Cc1cnc(Nc2ccc(CN3CCCC3)cc2)nc1-c1ccccc1. The molecule has 1 N–H and O–H groups in total. The van der Waals surface area contributed by atoms with E-state index in [0.29, 0.717) is 17.2 Å². The highest BCUT2D eigenvalue weighted by Crippen LogP contribution is 2.23. The molecule has 1 aliphatic heterocycles. The molecule has 1 aliphatic rings. The average molecular weight is 355 g/mol. The molecule has 0 unspecified atom stereocenters. The molecule has 3 aromatic rings. The first-order chi connectivity index (χ1) is 13.3. The predicted octanol–water partition coefficient (Wildman–Crippen LogP) is 4.35. The summed E-state index contributed by atoms with van der Waals surface area (Å²) in [5, 5.41) is 12.6. The lowest BCUT2D eigenvalue weighted by Crippen LogP contribution is -2.18. The van der Waals surface area contributed by atoms with Crippen molar-refractivity contribution in [1.82, 2.24) is 14.9 Å². The normalized spacial score (nSPS) is 14.0. The molecular formula is C22H21N5. The Labute approximate surface area is 159 Å². The molecule has 0 atom stereocenters. The summed E-state index contributed by atoms with van der Waals surface area (Å²) in [6, 6.07) is 20.3. The van der Waals surface area contributed by atoms with Crippen LogP contribution in [0, 0.1) is 11.3 Å². The molecule has 0 spiro atoms. The lowest BCUT2D eigenvalue weighted by Gasteiger charge is -2.15. The van der Waals surface area contributed by atoms with E-state index in [9.17, 15) is 5.26 Å². The van der Waals surface area contributed by atoms with Crippen molar-refractivity contribution in [2.75, 3.05) is 18.4 Å².